The van der Waals surface area contributed by atoms with Gasteiger partial charge in [0, 0.05) is 6.04 Å². The standard InChI is InChI=1S/C14H21FN2O3S/c1-9(2)13(14(18)16-10(3)4)17-21(19,20)12-8-6-5-7-11(12)15/h5-10,13,17H,1-4H3,(H,16,18)/t13-/m1/s1. The van der Waals surface area contributed by atoms with Gasteiger partial charge < -0.3 is 5.32 Å². The van der Waals surface area contributed by atoms with Crippen molar-refractivity contribution >= 4 is 15.9 Å². The normalized spacial score (nSPS) is 13.5. The highest BCUT2D eigenvalue weighted by atomic mass is 32.2. The van der Waals surface area contributed by atoms with Gasteiger partial charge in [-0.1, -0.05) is 26.0 Å². The van der Waals surface area contributed by atoms with Gasteiger partial charge in [0.05, 0.1) is 0 Å². The van der Waals surface area contributed by atoms with Crippen molar-refractivity contribution in [3.63, 3.8) is 0 Å². The van der Waals surface area contributed by atoms with Crippen LogP contribution in [0.5, 0.6) is 0 Å². The molecule has 1 amide bonds. The Hall–Kier alpha value is -1.47. The summed E-state index contributed by atoms with van der Waals surface area (Å²) in [5, 5.41) is 2.65. The summed E-state index contributed by atoms with van der Waals surface area (Å²) in [6.45, 7) is 6.99. The molecule has 0 saturated heterocycles. The largest absolute Gasteiger partial charge is 0.353 e. The predicted octanol–water partition coefficient (Wildman–Crippen LogP) is 1.65. The van der Waals surface area contributed by atoms with Crippen molar-refractivity contribution in [3.05, 3.63) is 30.1 Å². The molecule has 7 heteroatoms. The number of sulfonamides is 1. The SMILES string of the molecule is CC(C)NC(=O)[C@H](NS(=O)(=O)c1ccccc1F)C(C)C. The van der Waals surface area contributed by atoms with Gasteiger partial charge in [-0.05, 0) is 31.9 Å². The van der Waals surface area contributed by atoms with Gasteiger partial charge in [0.2, 0.25) is 15.9 Å². The van der Waals surface area contributed by atoms with E-state index in [0.717, 1.165) is 12.1 Å². The minimum atomic E-state index is -4.10. The Balaban J connectivity index is 3.04. The van der Waals surface area contributed by atoms with E-state index in [-0.39, 0.29) is 12.0 Å². The maximum atomic E-state index is 13.6. The molecule has 0 unspecified atom stereocenters. The lowest BCUT2D eigenvalue weighted by molar-refractivity contribution is -0.124. The number of carbonyl (C=O) groups excluding carboxylic acids is 1. The Bertz CT molecular complexity index is 600. The first-order chi connectivity index (χ1) is 9.65. The van der Waals surface area contributed by atoms with Gasteiger partial charge in [0.1, 0.15) is 16.8 Å². The van der Waals surface area contributed by atoms with Crippen LogP contribution in [-0.2, 0) is 14.8 Å². The van der Waals surface area contributed by atoms with Gasteiger partial charge in [-0.25, -0.2) is 12.8 Å². The molecule has 1 atom stereocenters. The van der Waals surface area contributed by atoms with Crippen molar-refractivity contribution in [2.45, 2.75) is 44.7 Å². The molecular weight excluding hydrogens is 295 g/mol. The van der Waals surface area contributed by atoms with Crippen LogP contribution in [0.15, 0.2) is 29.2 Å². The summed E-state index contributed by atoms with van der Waals surface area (Å²) in [6, 6.07) is 3.98. The average molecular weight is 316 g/mol. The number of halogens is 1. The molecule has 0 fully saturated rings. The number of benzene rings is 1. The molecule has 0 saturated carbocycles. The number of hydrogen-bond acceptors (Lipinski definition) is 3. The molecular formula is C14H21FN2O3S. The van der Waals surface area contributed by atoms with Crippen molar-refractivity contribution in [1.82, 2.24) is 10.0 Å². The molecule has 5 nitrogen and oxygen atoms in total. The second-order valence-corrected chi connectivity index (χ2v) is 7.12. The monoisotopic (exact) mass is 316 g/mol. The molecule has 1 aromatic carbocycles. The maximum absolute atomic E-state index is 13.6. The second kappa shape index (κ2) is 7.00. The van der Waals surface area contributed by atoms with Crippen LogP contribution in [0.4, 0.5) is 4.39 Å². The van der Waals surface area contributed by atoms with Crippen LogP contribution in [0, 0.1) is 11.7 Å². The summed E-state index contributed by atoms with van der Waals surface area (Å²) in [6.07, 6.45) is 0. The van der Waals surface area contributed by atoms with Crippen molar-refractivity contribution in [1.29, 1.82) is 0 Å². The van der Waals surface area contributed by atoms with Gasteiger partial charge in [0.15, 0.2) is 0 Å². The summed E-state index contributed by atoms with van der Waals surface area (Å²) >= 11 is 0. The zero-order valence-electron chi connectivity index (χ0n) is 12.6. The fraction of sp³-hybridized carbons (Fsp3) is 0.500. The van der Waals surface area contributed by atoms with E-state index in [1.807, 2.05) is 0 Å². The van der Waals surface area contributed by atoms with E-state index in [1.54, 1.807) is 27.7 Å². The highest BCUT2D eigenvalue weighted by molar-refractivity contribution is 7.89. The molecule has 118 valence electrons. The van der Waals surface area contributed by atoms with E-state index in [0.29, 0.717) is 0 Å². The number of carbonyl (C=O) groups is 1. The van der Waals surface area contributed by atoms with Gasteiger partial charge in [-0.2, -0.15) is 4.72 Å². The van der Waals surface area contributed by atoms with Crippen LogP contribution < -0.4 is 10.0 Å². The first-order valence-electron chi connectivity index (χ1n) is 6.72. The quantitative estimate of drug-likeness (QED) is 0.838. The third-order valence-electron chi connectivity index (χ3n) is 2.79. The van der Waals surface area contributed by atoms with E-state index in [4.69, 9.17) is 0 Å². The third-order valence-corrected chi connectivity index (χ3v) is 4.26. The van der Waals surface area contributed by atoms with Gasteiger partial charge in [-0.15, -0.1) is 0 Å². The van der Waals surface area contributed by atoms with E-state index in [9.17, 15) is 17.6 Å². The highest BCUT2D eigenvalue weighted by Gasteiger charge is 2.29. The van der Waals surface area contributed by atoms with Gasteiger partial charge in [-0.3, -0.25) is 4.79 Å². The first-order valence-corrected chi connectivity index (χ1v) is 8.20. The number of amides is 1. The molecule has 0 spiro atoms. The molecule has 1 rings (SSSR count). The number of rotatable bonds is 6. The minimum absolute atomic E-state index is 0.114. The number of hydrogen-bond donors (Lipinski definition) is 2. The van der Waals surface area contributed by atoms with Gasteiger partial charge >= 0.3 is 0 Å². The van der Waals surface area contributed by atoms with Crippen LogP contribution in [0.25, 0.3) is 0 Å². The lowest BCUT2D eigenvalue weighted by atomic mass is 10.0. The second-order valence-electron chi connectivity index (χ2n) is 5.44. The molecule has 0 aliphatic rings. The van der Waals surface area contributed by atoms with Crippen LogP contribution in [-0.4, -0.2) is 26.4 Å². The Kier molecular flexibility index (Phi) is 5.86. The zero-order chi connectivity index (χ0) is 16.2. The van der Waals surface area contributed by atoms with Crippen LogP contribution in [0.3, 0.4) is 0 Å². The minimum Gasteiger partial charge on any atom is -0.353 e. The van der Waals surface area contributed by atoms with Crippen LogP contribution in [0.1, 0.15) is 27.7 Å². The fourth-order valence-electron chi connectivity index (χ4n) is 1.76. The topological polar surface area (TPSA) is 75.3 Å². The Labute approximate surface area is 125 Å². The van der Waals surface area contributed by atoms with Gasteiger partial charge in [0.25, 0.3) is 0 Å². The average Bonchev–Trinajstić information content (AvgIpc) is 2.35. The molecule has 2 N–H and O–H groups in total. The summed E-state index contributed by atoms with van der Waals surface area (Å²) in [7, 11) is -4.10. The highest BCUT2D eigenvalue weighted by Crippen LogP contribution is 2.15. The fourth-order valence-corrected chi connectivity index (χ4v) is 3.18. The zero-order valence-corrected chi connectivity index (χ0v) is 13.4. The van der Waals surface area contributed by atoms with Crippen molar-refractivity contribution in [3.8, 4) is 0 Å². The first kappa shape index (κ1) is 17.6. The van der Waals surface area contributed by atoms with Crippen molar-refractivity contribution in [2.24, 2.45) is 5.92 Å². The predicted molar refractivity (Wildman–Crippen MR) is 78.6 cm³/mol. The molecule has 0 heterocycles. The smallest absolute Gasteiger partial charge is 0.244 e. The van der Waals surface area contributed by atoms with E-state index >= 15 is 0 Å². The van der Waals surface area contributed by atoms with Crippen molar-refractivity contribution < 1.29 is 17.6 Å². The summed E-state index contributed by atoms with van der Waals surface area (Å²) < 4.78 is 40.4. The molecule has 1 aromatic rings. The molecule has 0 aromatic heterocycles. The van der Waals surface area contributed by atoms with E-state index < -0.39 is 32.7 Å². The Morgan fingerprint density at radius 1 is 1.14 bits per heavy atom. The molecule has 0 radical (unpaired) electrons. The number of nitrogens with one attached hydrogen (secondary N) is 2. The lowest BCUT2D eigenvalue weighted by Gasteiger charge is -2.23. The Morgan fingerprint density at radius 2 is 1.71 bits per heavy atom. The van der Waals surface area contributed by atoms with E-state index in [1.165, 1.54) is 12.1 Å². The summed E-state index contributed by atoms with van der Waals surface area (Å²) in [5.41, 5.74) is 0. The molecule has 0 aliphatic carbocycles. The van der Waals surface area contributed by atoms with Crippen LogP contribution in [0.2, 0.25) is 0 Å². The summed E-state index contributed by atoms with van der Waals surface area (Å²) in [4.78, 5) is 11.6. The summed E-state index contributed by atoms with van der Waals surface area (Å²) in [5.74, 6) is -1.55. The molecule has 0 bridgehead atoms. The van der Waals surface area contributed by atoms with Crippen LogP contribution >= 0.6 is 0 Å². The lowest BCUT2D eigenvalue weighted by Crippen LogP contribution is -2.51. The Morgan fingerprint density at radius 3 is 2.19 bits per heavy atom. The third kappa shape index (κ3) is 4.78. The maximum Gasteiger partial charge on any atom is 0.244 e. The van der Waals surface area contributed by atoms with E-state index in [2.05, 4.69) is 10.0 Å². The van der Waals surface area contributed by atoms with Crippen molar-refractivity contribution in [2.75, 3.05) is 0 Å². The molecule has 0 aliphatic heterocycles. The molecule has 21 heavy (non-hydrogen) atoms.